The van der Waals surface area contributed by atoms with Crippen molar-refractivity contribution in [3.63, 3.8) is 0 Å². The molecule has 0 unspecified atom stereocenters. The number of anilines is 1. The number of benzene rings is 1. The van der Waals surface area contributed by atoms with Gasteiger partial charge in [0.25, 0.3) is 5.91 Å². The lowest BCUT2D eigenvalue weighted by Gasteiger charge is -2.20. The highest BCUT2D eigenvalue weighted by molar-refractivity contribution is 7.22. The largest absolute Gasteiger partial charge is 0.309 e. The highest BCUT2D eigenvalue weighted by atomic mass is 35.5. The van der Waals surface area contributed by atoms with Crippen LogP contribution in [-0.2, 0) is 0 Å². The van der Waals surface area contributed by atoms with E-state index in [9.17, 15) is 4.79 Å². The molecule has 3 aromatic rings. The van der Waals surface area contributed by atoms with Crippen molar-refractivity contribution in [2.75, 3.05) is 32.1 Å². The van der Waals surface area contributed by atoms with E-state index in [4.69, 9.17) is 11.6 Å². The minimum atomic E-state index is -0.110. The number of rotatable bonds is 6. The summed E-state index contributed by atoms with van der Waals surface area (Å²) in [4.78, 5) is 22.0. The fraction of sp³-hybridized carbons (Fsp3) is 0.375. The van der Waals surface area contributed by atoms with Crippen LogP contribution in [0.4, 0.5) is 5.13 Å². The van der Waals surface area contributed by atoms with Gasteiger partial charge in [-0.3, -0.25) is 9.69 Å². The van der Waals surface area contributed by atoms with Crippen LogP contribution < -0.4 is 4.90 Å². The summed E-state index contributed by atoms with van der Waals surface area (Å²) < 4.78 is 4.85. The number of nitrogens with zero attached hydrogens (tertiary/aromatic N) is 5. The second kappa shape index (κ2) is 9.05. The summed E-state index contributed by atoms with van der Waals surface area (Å²) in [6.45, 7) is 3.26. The van der Waals surface area contributed by atoms with Crippen molar-refractivity contribution >= 4 is 68.1 Å². The molecule has 0 saturated heterocycles. The molecule has 1 aromatic carbocycles. The number of amides is 1. The molecule has 0 aliphatic carbocycles. The van der Waals surface area contributed by atoms with E-state index in [2.05, 4.69) is 19.5 Å². The lowest BCUT2D eigenvalue weighted by Crippen LogP contribution is -2.33. The van der Waals surface area contributed by atoms with Gasteiger partial charge in [-0.25, -0.2) is 4.98 Å². The molecule has 0 radical (unpaired) electrons. The smallest absolute Gasteiger partial charge is 0.273 e. The first-order chi connectivity index (χ1) is 12.0. The molecule has 10 heteroatoms. The van der Waals surface area contributed by atoms with Crippen LogP contribution in [0.5, 0.6) is 0 Å². The Hall–Kier alpha value is -1.32. The summed E-state index contributed by atoms with van der Waals surface area (Å²) >= 11 is 8.83. The van der Waals surface area contributed by atoms with Gasteiger partial charge in [0, 0.05) is 6.54 Å². The molecule has 140 valence electrons. The molecule has 0 atom stereocenters. The number of carbonyl (C=O) groups excluding carboxylic acids is 1. The van der Waals surface area contributed by atoms with Crippen LogP contribution in [0.1, 0.15) is 21.8 Å². The second-order valence-corrected chi connectivity index (χ2v) is 8.05. The zero-order valence-electron chi connectivity index (χ0n) is 14.6. The van der Waals surface area contributed by atoms with Crippen molar-refractivity contribution in [3.05, 3.63) is 33.8 Å². The highest BCUT2D eigenvalue weighted by Gasteiger charge is 2.25. The van der Waals surface area contributed by atoms with Crippen molar-refractivity contribution in [3.8, 4) is 0 Å². The summed E-state index contributed by atoms with van der Waals surface area (Å²) in [6, 6.07) is 5.66. The van der Waals surface area contributed by atoms with E-state index in [-0.39, 0.29) is 18.3 Å². The van der Waals surface area contributed by atoms with Gasteiger partial charge >= 0.3 is 0 Å². The number of halogens is 2. The number of para-hydroxylation sites is 1. The molecule has 0 aliphatic heterocycles. The van der Waals surface area contributed by atoms with Crippen LogP contribution in [0.3, 0.4) is 0 Å². The van der Waals surface area contributed by atoms with Gasteiger partial charge in [-0.05, 0) is 57.6 Å². The topological polar surface area (TPSA) is 62.2 Å². The summed E-state index contributed by atoms with van der Waals surface area (Å²) in [5, 5.41) is 5.20. The molecular formula is C16H19Cl2N5OS2. The molecule has 2 heterocycles. The normalized spacial score (nSPS) is 11.0. The van der Waals surface area contributed by atoms with Gasteiger partial charge in [0.15, 0.2) is 5.13 Å². The summed E-state index contributed by atoms with van der Waals surface area (Å²) in [5.74, 6) is -0.110. The fourth-order valence-electron chi connectivity index (χ4n) is 2.40. The van der Waals surface area contributed by atoms with E-state index in [1.807, 2.05) is 32.3 Å². The standard InChI is InChI=1S/C16H18ClN5OS2.ClH/c1-10-14(25-20-19-10)15(23)22(9-5-8-21(2)3)16-18-13-11(17)6-4-7-12(13)24-16;/h4,6-7H,5,8-9H2,1-3H3;1H. The van der Waals surface area contributed by atoms with Crippen LogP contribution in [0.15, 0.2) is 18.2 Å². The Labute approximate surface area is 171 Å². The van der Waals surface area contributed by atoms with E-state index < -0.39 is 0 Å². The number of hydrogen-bond acceptors (Lipinski definition) is 7. The van der Waals surface area contributed by atoms with Crippen molar-refractivity contribution in [2.24, 2.45) is 0 Å². The molecule has 0 fully saturated rings. The lowest BCUT2D eigenvalue weighted by molar-refractivity contribution is 0.0989. The summed E-state index contributed by atoms with van der Waals surface area (Å²) in [7, 11) is 4.03. The number of aromatic nitrogens is 3. The van der Waals surface area contributed by atoms with Crippen LogP contribution in [0, 0.1) is 6.92 Å². The highest BCUT2D eigenvalue weighted by Crippen LogP contribution is 2.33. The minimum absolute atomic E-state index is 0. The Kier molecular flexibility index (Phi) is 7.31. The fourth-order valence-corrected chi connectivity index (χ4v) is 4.29. The molecule has 0 saturated carbocycles. The molecule has 3 rings (SSSR count). The summed E-state index contributed by atoms with van der Waals surface area (Å²) in [5.41, 5.74) is 1.38. The first kappa shape index (κ1) is 21.0. The molecule has 26 heavy (non-hydrogen) atoms. The van der Waals surface area contributed by atoms with E-state index >= 15 is 0 Å². The number of aryl methyl sites for hydroxylation is 1. The molecular weight excluding hydrogens is 413 g/mol. The SMILES string of the molecule is Cc1nnsc1C(=O)N(CCCN(C)C)c1nc2c(Cl)cccc2s1.Cl. The van der Waals surface area contributed by atoms with Gasteiger partial charge < -0.3 is 4.90 Å². The Morgan fingerprint density at radius 1 is 1.27 bits per heavy atom. The third-order valence-corrected chi connectivity index (χ3v) is 5.83. The maximum atomic E-state index is 13.0. The van der Waals surface area contributed by atoms with Gasteiger partial charge in [0.1, 0.15) is 10.4 Å². The predicted molar refractivity (Wildman–Crippen MR) is 111 cm³/mol. The minimum Gasteiger partial charge on any atom is -0.309 e. The quantitative estimate of drug-likeness (QED) is 0.586. The molecule has 1 amide bonds. The maximum Gasteiger partial charge on any atom is 0.273 e. The van der Waals surface area contributed by atoms with Gasteiger partial charge in [-0.2, -0.15) is 0 Å². The molecule has 0 bridgehead atoms. The number of carbonyl (C=O) groups is 1. The second-order valence-electron chi connectivity index (χ2n) is 5.88. The van der Waals surface area contributed by atoms with Crippen molar-refractivity contribution < 1.29 is 4.79 Å². The van der Waals surface area contributed by atoms with Crippen molar-refractivity contribution in [1.29, 1.82) is 0 Å². The maximum absolute atomic E-state index is 13.0. The van der Waals surface area contributed by atoms with E-state index in [1.54, 1.807) is 11.8 Å². The van der Waals surface area contributed by atoms with Crippen LogP contribution in [0.2, 0.25) is 5.02 Å². The first-order valence-corrected chi connectivity index (χ1v) is 9.74. The third kappa shape index (κ3) is 4.50. The zero-order chi connectivity index (χ0) is 18.0. The van der Waals surface area contributed by atoms with Gasteiger partial charge in [0.2, 0.25) is 0 Å². The average molecular weight is 432 g/mol. The number of thiazole rings is 1. The van der Waals surface area contributed by atoms with Crippen LogP contribution >= 0.6 is 46.9 Å². The van der Waals surface area contributed by atoms with Crippen LogP contribution in [0.25, 0.3) is 10.2 Å². The molecule has 6 nitrogen and oxygen atoms in total. The van der Waals surface area contributed by atoms with Crippen LogP contribution in [-0.4, -0.2) is 52.6 Å². The molecule has 0 aliphatic rings. The third-order valence-electron chi connectivity index (χ3n) is 3.67. The summed E-state index contributed by atoms with van der Waals surface area (Å²) in [6.07, 6.45) is 0.841. The van der Waals surface area contributed by atoms with Crippen molar-refractivity contribution in [2.45, 2.75) is 13.3 Å². The molecule has 0 N–H and O–H groups in total. The Morgan fingerprint density at radius 3 is 2.65 bits per heavy atom. The predicted octanol–water partition coefficient (Wildman–Crippen LogP) is 4.13. The van der Waals surface area contributed by atoms with E-state index in [1.165, 1.54) is 11.3 Å². The Morgan fingerprint density at radius 2 is 2.04 bits per heavy atom. The average Bonchev–Trinajstić information content (AvgIpc) is 3.17. The Balaban J connectivity index is 0.00000243. The van der Waals surface area contributed by atoms with Gasteiger partial charge in [0.05, 0.1) is 15.4 Å². The van der Waals surface area contributed by atoms with Gasteiger partial charge in [-0.1, -0.05) is 33.5 Å². The van der Waals surface area contributed by atoms with E-state index in [0.717, 1.165) is 34.7 Å². The van der Waals surface area contributed by atoms with Gasteiger partial charge in [-0.15, -0.1) is 17.5 Å². The number of hydrogen-bond donors (Lipinski definition) is 0. The van der Waals surface area contributed by atoms with E-state index in [0.29, 0.717) is 27.3 Å². The first-order valence-electron chi connectivity index (χ1n) is 7.78. The molecule has 2 aromatic heterocycles. The number of fused-ring (bicyclic) bond motifs is 1. The van der Waals surface area contributed by atoms with Crippen molar-refractivity contribution in [1.82, 2.24) is 19.5 Å². The Bertz CT molecular complexity index is 896. The molecule has 0 spiro atoms. The monoisotopic (exact) mass is 431 g/mol. The lowest BCUT2D eigenvalue weighted by atomic mass is 10.3. The zero-order valence-corrected chi connectivity index (χ0v) is 17.8.